The second kappa shape index (κ2) is 8.75. The van der Waals surface area contributed by atoms with Crippen LogP contribution in [0.4, 0.5) is 18.9 Å². The second-order valence-electron chi connectivity index (χ2n) is 6.41. The van der Waals surface area contributed by atoms with Crippen molar-refractivity contribution in [1.82, 2.24) is 10.6 Å². The van der Waals surface area contributed by atoms with Gasteiger partial charge in [0.05, 0.1) is 5.56 Å². The van der Waals surface area contributed by atoms with Crippen LogP contribution in [0.2, 0.25) is 0 Å². The van der Waals surface area contributed by atoms with Gasteiger partial charge in [0.2, 0.25) is 5.91 Å². The second-order valence-corrected chi connectivity index (χ2v) is 6.41. The summed E-state index contributed by atoms with van der Waals surface area (Å²) in [5.74, 6) is -0.807. The number of nitrogens with one attached hydrogen (secondary N) is 2. The summed E-state index contributed by atoms with van der Waals surface area (Å²) in [6, 6.07) is 3.11. The average Bonchev–Trinajstić information content (AvgIpc) is 3.05. The van der Waals surface area contributed by atoms with Gasteiger partial charge in [-0.25, -0.2) is 0 Å². The number of alkyl halides is 3. The van der Waals surface area contributed by atoms with E-state index in [1.165, 1.54) is 11.0 Å². The van der Waals surface area contributed by atoms with Crippen molar-refractivity contribution in [2.24, 2.45) is 0 Å². The number of carbonyl (C=O) groups is 2. The molecule has 0 saturated carbocycles. The Labute approximate surface area is 161 Å². The van der Waals surface area contributed by atoms with Crippen LogP contribution in [0.1, 0.15) is 35.2 Å². The molecule has 2 aliphatic heterocycles. The van der Waals surface area contributed by atoms with Crippen molar-refractivity contribution in [3.63, 3.8) is 0 Å². The summed E-state index contributed by atoms with van der Waals surface area (Å²) in [6.07, 6.45) is -0.940. The molecule has 0 aliphatic carbocycles. The molecule has 2 N–H and O–H groups in total. The summed E-state index contributed by atoms with van der Waals surface area (Å²) in [5, 5.41) is 5.82. The summed E-state index contributed by atoms with van der Waals surface area (Å²) in [4.78, 5) is 25.6. The van der Waals surface area contributed by atoms with Gasteiger partial charge in [0, 0.05) is 37.3 Å². The fraction of sp³-hybridized carbons (Fsp3) is 0.444. The third-order valence-corrected chi connectivity index (χ3v) is 4.53. The average molecular weight is 404 g/mol. The van der Waals surface area contributed by atoms with Crippen molar-refractivity contribution in [2.75, 3.05) is 31.1 Å². The lowest BCUT2D eigenvalue weighted by molar-refractivity contribution is -0.137. The maximum atomic E-state index is 13.2. The zero-order valence-corrected chi connectivity index (χ0v) is 15.4. The highest BCUT2D eigenvalue weighted by Crippen LogP contribution is 2.34. The van der Waals surface area contributed by atoms with Crippen molar-refractivity contribution < 1.29 is 22.8 Å². The van der Waals surface area contributed by atoms with Gasteiger partial charge in [0.1, 0.15) is 0 Å². The molecular formula is C18H21ClF3N3O2. The van der Waals surface area contributed by atoms with Gasteiger partial charge >= 0.3 is 6.18 Å². The van der Waals surface area contributed by atoms with E-state index in [4.69, 9.17) is 0 Å². The van der Waals surface area contributed by atoms with Crippen LogP contribution in [-0.2, 0) is 11.0 Å². The molecule has 1 aromatic rings. The fourth-order valence-corrected chi connectivity index (χ4v) is 3.11. The van der Waals surface area contributed by atoms with Gasteiger partial charge < -0.3 is 15.5 Å². The van der Waals surface area contributed by atoms with Crippen LogP contribution in [0, 0.1) is 0 Å². The topological polar surface area (TPSA) is 61.4 Å². The lowest BCUT2D eigenvalue weighted by atomic mass is 10.1. The SMILES string of the molecule is Cl.O=C(NCC1=CCNCC1)c1cc(N2CCCC2=O)cc(C(F)(F)F)c1. The Kier molecular flexibility index (Phi) is 6.89. The van der Waals surface area contributed by atoms with Crippen LogP contribution >= 0.6 is 12.4 Å². The molecule has 0 aromatic heterocycles. The standard InChI is InChI=1S/C18H20F3N3O2.ClH/c19-18(20,21)14-8-13(9-15(10-14)24-7-1-2-16(24)25)17(26)23-11-12-3-5-22-6-4-12;/h3,8-10,22H,1-2,4-7,11H2,(H,23,26);1H. The lowest BCUT2D eigenvalue weighted by Crippen LogP contribution is -2.30. The maximum absolute atomic E-state index is 13.2. The van der Waals surface area contributed by atoms with Gasteiger partial charge in [0.15, 0.2) is 0 Å². The van der Waals surface area contributed by atoms with Crippen LogP contribution in [0.3, 0.4) is 0 Å². The number of carbonyl (C=O) groups excluding carboxylic acids is 2. The molecule has 5 nitrogen and oxygen atoms in total. The van der Waals surface area contributed by atoms with Crippen molar-refractivity contribution in [3.8, 4) is 0 Å². The Balaban J connectivity index is 0.00000261. The minimum atomic E-state index is -4.59. The molecule has 1 saturated heterocycles. The van der Waals surface area contributed by atoms with Crippen molar-refractivity contribution in [2.45, 2.75) is 25.4 Å². The molecule has 0 spiro atoms. The number of rotatable bonds is 4. The summed E-state index contributed by atoms with van der Waals surface area (Å²) in [6.45, 7) is 2.19. The lowest BCUT2D eigenvalue weighted by Gasteiger charge is -2.19. The quantitative estimate of drug-likeness (QED) is 0.760. The molecule has 2 heterocycles. The minimum absolute atomic E-state index is 0. The highest BCUT2D eigenvalue weighted by Gasteiger charge is 2.33. The third-order valence-electron chi connectivity index (χ3n) is 4.53. The Morgan fingerprint density at radius 3 is 2.59 bits per heavy atom. The first kappa shape index (κ1) is 21.2. The Hall–Kier alpha value is -2.06. The van der Waals surface area contributed by atoms with E-state index in [2.05, 4.69) is 10.6 Å². The molecule has 1 aromatic carbocycles. The molecule has 27 heavy (non-hydrogen) atoms. The number of benzene rings is 1. The summed E-state index contributed by atoms with van der Waals surface area (Å²) < 4.78 is 39.7. The molecule has 148 valence electrons. The van der Waals surface area contributed by atoms with E-state index in [0.29, 0.717) is 25.9 Å². The Morgan fingerprint density at radius 1 is 1.22 bits per heavy atom. The molecule has 0 atom stereocenters. The third kappa shape index (κ3) is 5.23. The fourth-order valence-electron chi connectivity index (χ4n) is 3.11. The van der Waals surface area contributed by atoms with E-state index in [-0.39, 0.29) is 29.6 Å². The van der Waals surface area contributed by atoms with E-state index in [1.807, 2.05) is 6.08 Å². The highest BCUT2D eigenvalue weighted by atomic mass is 35.5. The smallest absolute Gasteiger partial charge is 0.348 e. The molecule has 9 heteroatoms. The monoisotopic (exact) mass is 403 g/mol. The summed E-state index contributed by atoms with van der Waals surface area (Å²) >= 11 is 0. The normalized spacial score (nSPS) is 17.4. The molecule has 2 aliphatic rings. The first-order valence-corrected chi connectivity index (χ1v) is 8.54. The molecule has 0 bridgehead atoms. The highest BCUT2D eigenvalue weighted by molar-refractivity contribution is 5.99. The molecule has 3 rings (SSSR count). The van der Waals surface area contributed by atoms with Gasteiger partial charge in [-0.2, -0.15) is 13.2 Å². The number of amides is 2. The molecule has 0 radical (unpaired) electrons. The van der Waals surface area contributed by atoms with Crippen molar-refractivity contribution in [1.29, 1.82) is 0 Å². The van der Waals surface area contributed by atoms with Gasteiger partial charge in [-0.3, -0.25) is 9.59 Å². The first-order chi connectivity index (χ1) is 12.3. The zero-order valence-electron chi connectivity index (χ0n) is 14.6. The Morgan fingerprint density at radius 2 is 2.00 bits per heavy atom. The van der Waals surface area contributed by atoms with Gasteiger partial charge in [-0.1, -0.05) is 11.6 Å². The molecule has 1 fully saturated rings. The number of halogens is 4. The van der Waals surface area contributed by atoms with Gasteiger partial charge in [0.25, 0.3) is 5.91 Å². The number of hydrogen-bond acceptors (Lipinski definition) is 3. The predicted molar refractivity (Wildman–Crippen MR) is 98.2 cm³/mol. The Bertz CT molecular complexity index is 750. The molecule has 0 unspecified atom stereocenters. The zero-order chi connectivity index (χ0) is 18.7. The summed E-state index contributed by atoms with van der Waals surface area (Å²) in [7, 11) is 0. The number of anilines is 1. The van der Waals surface area contributed by atoms with Crippen LogP contribution in [0.15, 0.2) is 29.8 Å². The predicted octanol–water partition coefficient (Wildman–Crippen LogP) is 2.90. The minimum Gasteiger partial charge on any atom is -0.348 e. The van der Waals surface area contributed by atoms with Crippen LogP contribution < -0.4 is 15.5 Å². The first-order valence-electron chi connectivity index (χ1n) is 8.54. The van der Waals surface area contributed by atoms with E-state index < -0.39 is 17.6 Å². The van der Waals surface area contributed by atoms with Crippen molar-refractivity contribution >= 4 is 29.9 Å². The summed E-state index contributed by atoms with van der Waals surface area (Å²) in [5.41, 5.74) is 0.137. The molecule has 2 amide bonds. The van der Waals surface area contributed by atoms with Crippen LogP contribution in [0.5, 0.6) is 0 Å². The van der Waals surface area contributed by atoms with Gasteiger partial charge in [-0.15, -0.1) is 12.4 Å². The number of hydrogen-bond donors (Lipinski definition) is 2. The van der Waals surface area contributed by atoms with E-state index in [0.717, 1.165) is 37.2 Å². The van der Waals surface area contributed by atoms with Crippen LogP contribution in [-0.4, -0.2) is 38.0 Å². The maximum Gasteiger partial charge on any atom is 0.416 e. The van der Waals surface area contributed by atoms with E-state index in [1.54, 1.807) is 0 Å². The van der Waals surface area contributed by atoms with Crippen molar-refractivity contribution in [3.05, 3.63) is 41.0 Å². The van der Waals surface area contributed by atoms with E-state index >= 15 is 0 Å². The molecular weight excluding hydrogens is 383 g/mol. The largest absolute Gasteiger partial charge is 0.416 e. The van der Waals surface area contributed by atoms with Crippen LogP contribution in [0.25, 0.3) is 0 Å². The van der Waals surface area contributed by atoms with Gasteiger partial charge in [-0.05, 0) is 37.6 Å². The van der Waals surface area contributed by atoms with E-state index in [9.17, 15) is 22.8 Å². The number of nitrogens with zero attached hydrogens (tertiary/aromatic N) is 1.